The van der Waals surface area contributed by atoms with Crippen LogP contribution in [0.3, 0.4) is 0 Å². The number of nitrogens with two attached hydrogens (primary N) is 1. The highest BCUT2D eigenvalue weighted by atomic mass is 35.5. The zero-order valence-electron chi connectivity index (χ0n) is 3.97. The van der Waals surface area contributed by atoms with Crippen molar-refractivity contribution in [2.75, 3.05) is 5.73 Å². The summed E-state index contributed by atoms with van der Waals surface area (Å²) in [6.45, 7) is 0. The molecule has 0 saturated carbocycles. The molecule has 1 rings (SSSR count). The number of rotatable bonds is 1. The zero-order chi connectivity index (χ0) is 5.98. The minimum Gasteiger partial charge on any atom is -0.379 e. The van der Waals surface area contributed by atoms with E-state index in [-0.39, 0.29) is 11.7 Å². The second kappa shape index (κ2) is 2.00. The third-order valence-electron chi connectivity index (χ3n) is 0.712. The third kappa shape index (κ3) is 0.742. The lowest BCUT2D eigenvalue weighted by Crippen LogP contribution is -1.88. The first-order valence-electron chi connectivity index (χ1n) is 1.97. The molecule has 1 aromatic heterocycles. The number of alkyl halides is 1. The van der Waals surface area contributed by atoms with E-state index < -0.39 is 0 Å². The zero-order valence-corrected chi connectivity index (χ0v) is 4.72. The summed E-state index contributed by atoms with van der Waals surface area (Å²) in [5.74, 6) is 0.509. The third-order valence-corrected chi connectivity index (χ3v) is 0.966. The molecule has 0 aliphatic carbocycles. The maximum atomic E-state index is 5.33. The molecule has 0 saturated heterocycles. The Kier molecular flexibility index (Phi) is 1.34. The number of nitrogen functional groups attached to an aromatic ring is 1. The van der Waals surface area contributed by atoms with Crippen LogP contribution in [-0.2, 0) is 5.88 Å². The maximum absolute atomic E-state index is 5.33. The van der Waals surface area contributed by atoms with Gasteiger partial charge in [0.25, 0.3) is 0 Å². The van der Waals surface area contributed by atoms with Crippen LogP contribution >= 0.6 is 11.6 Å². The van der Waals surface area contributed by atoms with E-state index in [1.807, 2.05) is 0 Å². The standard InChI is InChI=1S/C3H4ClN3O/c4-1-2-3(5)7-8-6-2/h1H2,(H2,5,7). The molecule has 5 heteroatoms. The largest absolute Gasteiger partial charge is 0.379 e. The van der Waals surface area contributed by atoms with E-state index >= 15 is 0 Å². The van der Waals surface area contributed by atoms with E-state index in [1.165, 1.54) is 0 Å². The molecule has 0 aliphatic heterocycles. The summed E-state index contributed by atoms with van der Waals surface area (Å²) < 4.78 is 4.23. The quantitative estimate of drug-likeness (QED) is 0.563. The van der Waals surface area contributed by atoms with Crippen LogP contribution in [0.15, 0.2) is 4.63 Å². The number of halogens is 1. The average Bonchev–Trinajstić information content (AvgIpc) is 2.14. The van der Waals surface area contributed by atoms with Crippen molar-refractivity contribution in [2.24, 2.45) is 0 Å². The molecule has 2 N–H and O–H groups in total. The average molecular weight is 134 g/mol. The minimum atomic E-state index is 0.245. The Morgan fingerprint density at radius 1 is 1.62 bits per heavy atom. The summed E-state index contributed by atoms with van der Waals surface area (Å²) in [4.78, 5) is 0. The van der Waals surface area contributed by atoms with Gasteiger partial charge < -0.3 is 5.73 Å². The monoisotopic (exact) mass is 133 g/mol. The van der Waals surface area contributed by atoms with Crippen molar-refractivity contribution in [2.45, 2.75) is 5.88 Å². The lowest BCUT2D eigenvalue weighted by molar-refractivity contribution is 0.306. The van der Waals surface area contributed by atoms with Gasteiger partial charge in [-0.05, 0) is 5.16 Å². The first-order valence-corrected chi connectivity index (χ1v) is 2.51. The van der Waals surface area contributed by atoms with Gasteiger partial charge in [0.05, 0.1) is 5.88 Å². The second-order valence-electron chi connectivity index (χ2n) is 1.23. The molecule has 0 spiro atoms. The molecule has 0 aromatic carbocycles. The van der Waals surface area contributed by atoms with Gasteiger partial charge in [-0.1, -0.05) is 5.16 Å². The summed E-state index contributed by atoms with van der Waals surface area (Å²) in [5.41, 5.74) is 5.69. The van der Waals surface area contributed by atoms with Gasteiger partial charge in [0.2, 0.25) is 0 Å². The molecule has 1 heterocycles. The Morgan fingerprint density at radius 3 is 2.62 bits per heavy atom. The predicted molar refractivity (Wildman–Crippen MR) is 28.3 cm³/mol. The fourth-order valence-corrected chi connectivity index (χ4v) is 0.492. The molecule has 8 heavy (non-hydrogen) atoms. The minimum absolute atomic E-state index is 0.245. The predicted octanol–water partition coefficient (Wildman–Crippen LogP) is 0.391. The Hall–Kier alpha value is -0.770. The van der Waals surface area contributed by atoms with Crippen molar-refractivity contribution in [1.82, 2.24) is 10.3 Å². The molecule has 0 aliphatic rings. The lowest BCUT2D eigenvalue weighted by Gasteiger charge is -1.79. The van der Waals surface area contributed by atoms with Crippen molar-refractivity contribution in [3.05, 3.63) is 5.69 Å². The van der Waals surface area contributed by atoms with Crippen LogP contribution in [0.1, 0.15) is 5.69 Å². The van der Waals surface area contributed by atoms with Gasteiger partial charge in [0.15, 0.2) is 5.82 Å². The summed E-state index contributed by atoms with van der Waals surface area (Å²) in [6, 6.07) is 0. The van der Waals surface area contributed by atoms with E-state index in [0.717, 1.165) is 0 Å². The van der Waals surface area contributed by atoms with Gasteiger partial charge in [0.1, 0.15) is 5.69 Å². The Balaban J connectivity index is 2.92. The van der Waals surface area contributed by atoms with Gasteiger partial charge in [-0.15, -0.1) is 11.6 Å². The highest BCUT2D eigenvalue weighted by Crippen LogP contribution is 2.05. The van der Waals surface area contributed by atoms with Crippen LogP contribution in [-0.4, -0.2) is 10.3 Å². The van der Waals surface area contributed by atoms with Crippen LogP contribution in [0, 0.1) is 0 Å². The highest BCUT2D eigenvalue weighted by Gasteiger charge is 2.01. The summed E-state index contributed by atoms with van der Waals surface area (Å²) in [5, 5.41) is 6.69. The fourth-order valence-electron chi connectivity index (χ4n) is 0.306. The SMILES string of the molecule is Nc1nonc1CCl. The molecule has 1 aromatic rings. The van der Waals surface area contributed by atoms with Crippen molar-refractivity contribution >= 4 is 17.4 Å². The fraction of sp³-hybridized carbons (Fsp3) is 0.333. The molecule has 4 nitrogen and oxygen atoms in total. The molecular formula is C3H4ClN3O. The number of hydrogen-bond acceptors (Lipinski definition) is 4. The second-order valence-corrected chi connectivity index (χ2v) is 1.50. The van der Waals surface area contributed by atoms with E-state index in [1.54, 1.807) is 0 Å². The molecule has 44 valence electrons. The normalized spacial score (nSPS) is 9.62. The van der Waals surface area contributed by atoms with Crippen molar-refractivity contribution in [3.8, 4) is 0 Å². The van der Waals surface area contributed by atoms with Crippen LogP contribution in [0.4, 0.5) is 5.82 Å². The van der Waals surface area contributed by atoms with E-state index in [9.17, 15) is 0 Å². The van der Waals surface area contributed by atoms with E-state index in [0.29, 0.717) is 5.69 Å². The Labute approximate surface area is 50.6 Å². The number of anilines is 1. The van der Waals surface area contributed by atoms with Crippen molar-refractivity contribution in [3.63, 3.8) is 0 Å². The van der Waals surface area contributed by atoms with Crippen LogP contribution in [0.25, 0.3) is 0 Å². The lowest BCUT2D eigenvalue weighted by atomic mass is 10.5. The van der Waals surface area contributed by atoms with Gasteiger partial charge in [-0.2, -0.15) is 0 Å². The topological polar surface area (TPSA) is 64.9 Å². The number of hydrogen-bond donors (Lipinski definition) is 1. The van der Waals surface area contributed by atoms with Gasteiger partial charge in [0, 0.05) is 0 Å². The van der Waals surface area contributed by atoms with Crippen LogP contribution in [0.5, 0.6) is 0 Å². The molecule has 0 bridgehead atoms. The molecule has 0 amide bonds. The van der Waals surface area contributed by atoms with Gasteiger partial charge in [-0.25, -0.2) is 4.63 Å². The van der Waals surface area contributed by atoms with Gasteiger partial charge >= 0.3 is 0 Å². The van der Waals surface area contributed by atoms with Crippen molar-refractivity contribution in [1.29, 1.82) is 0 Å². The maximum Gasteiger partial charge on any atom is 0.192 e. The Morgan fingerprint density at radius 2 is 2.38 bits per heavy atom. The summed E-state index contributed by atoms with van der Waals surface area (Å²) >= 11 is 5.33. The molecule has 0 fully saturated rings. The first-order chi connectivity index (χ1) is 3.84. The summed E-state index contributed by atoms with van der Waals surface area (Å²) in [6.07, 6.45) is 0. The Bertz CT molecular complexity index is 175. The summed E-state index contributed by atoms with van der Waals surface area (Å²) in [7, 11) is 0. The number of nitrogens with zero attached hydrogens (tertiary/aromatic N) is 2. The highest BCUT2D eigenvalue weighted by molar-refractivity contribution is 6.17. The first kappa shape index (κ1) is 5.37. The van der Waals surface area contributed by atoms with Crippen molar-refractivity contribution < 1.29 is 4.63 Å². The number of aromatic nitrogens is 2. The molecular weight excluding hydrogens is 130 g/mol. The smallest absolute Gasteiger partial charge is 0.192 e. The van der Waals surface area contributed by atoms with E-state index in [2.05, 4.69) is 14.9 Å². The van der Waals surface area contributed by atoms with Crippen LogP contribution < -0.4 is 5.73 Å². The van der Waals surface area contributed by atoms with Crippen LogP contribution in [0.2, 0.25) is 0 Å². The van der Waals surface area contributed by atoms with Gasteiger partial charge in [-0.3, -0.25) is 0 Å². The molecule has 0 unspecified atom stereocenters. The molecule has 0 radical (unpaired) electrons. The molecule has 0 atom stereocenters. The van der Waals surface area contributed by atoms with E-state index in [4.69, 9.17) is 17.3 Å².